The Balaban J connectivity index is 1.75. The number of sulfonamides is 1. The predicted molar refractivity (Wildman–Crippen MR) is 90.3 cm³/mol. The number of fused-ring (bicyclic) bond motifs is 1. The summed E-state index contributed by atoms with van der Waals surface area (Å²) >= 11 is 0.996. The molecule has 0 aliphatic rings. The third kappa shape index (κ3) is 3.31. The fourth-order valence-electron chi connectivity index (χ4n) is 2.43. The molecule has 0 aliphatic carbocycles. The zero-order chi connectivity index (χ0) is 17.2. The summed E-state index contributed by atoms with van der Waals surface area (Å²) in [6.07, 6.45) is 1.74. The van der Waals surface area contributed by atoms with Crippen molar-refractivity contribution in [1.29, 1.82) is 0 Å². The van der Waals surface area contributed by atoms with E-state index in [2.05, 4.69) is 18.5 Å². The van der Waals surface area contributed by atoms with Crippen molar-refractivity contribution in [3.63, 3.8) is 0 Å². The number of hydrogen-bond acceptors (Lipinski definition) is 7. The first-order valence-electron chi connectivity index (χ1n) is 7.24. The Labute approximate surface area is 143 Å². The Bertz CT molecular complexity index is 948. The van der Waals surface area contributed by atoms with Crippen LogP contribution in [0.5, 0.6) is 0 Å². The third-order valence-electron chi connectivity index (χ3n) is 3.58. The highest BCUT2D eigenvalue weighted by Crippen LogP contribution is 2.20. The first-order valence-corrected chi connectivity index (χ1v) is 9.45. The molecule has 0 amide bonds. The van der Waals surface area contributed by atoms with Crippen LogP contribution in [0.4, 0.5) is 0 Å². The van der Waals surface area contributed by atoms with Gasteiger partial charge in [0.2, 0.25) is 10.0 Å². The summed E-state index contributed by atoms with van der Waals surface area (Å²) < 4.78 is 42.9. The van der Waals surface area contributed by atoms with Crippen molar-refractivity contribution < 1.29 is 13.2 Å². The van der Waals surface area contributed by atoms with Crippen molar-refractivity contribution in [3.8, 4) is 0 Å². The van der Waals surface area contributed by atoms with Gasteiger partial charge in [-0.2, -0.15) is 8.75 Å². The van der Waals surface area contributed by atoms with Crippen LogP contribution in [0, 0.1) is 6.92 Å². The summed E-state index contributed by atoms with van der Waals surface area (Å²) in [5, 5.41) is 0. The molecule has 10 heteroatoms. The maximum atomic E-state index is 12.5. The van der Waals surface area contributed by atoms with Gasteiger partial charge in [0.1, 0.15) is 28.4 Å². The first kappa shape index (κ1) is 17.0. The molecule has 0 bridgehead atoms. The molecule has 0 spiro atoms. The van der Waals surface area contributed by atoms with Gasteiger partial charge in [-0.3, -0.25) is 0 Å². The first-order chi connectivity index (χ1) is 11.5. The molecular weight excluding hydrogens is 350 g/mol. The van der Waals surface area contributed by atoms with E-state index in [1.54, 1.807) is 25.4 Å². The molecule has 0 radical (unpaired) electrons. The second-order valence-corrected chi connectivity index (χ2v) is 7.45. The van der Waals surface area contributed by atoms with Gasteiger partial charge in [-0.15, -0.1) is 0 Å². The Morgan fingerprint density at radius 1 is 1.33 bits per heavy atom. The summed E-state index contributed by atoms with van der Waals surface area (Å²) in [4.78, 5) is 4.40. The summed E-state index contributed by atoms with van der Waals surface area (Å²) in [7, 11) is -2.06. The number of methoxy groups -OCH3 is 1. The minimum absolute atomic E-state index is 0.146. The van der Waals surface area contributed by atoms with Crippen LogP contribution in [0.15, 0.2) is 29.3 Å². The van der Waals surface area contributed by atoms with E-state index in [-0.39, 0.29) is 11.4 Å². The van der Waals surface area contributed by atoms with Crippen LogP contribution in [0.25, 0.3) is 11.0 Å². The molecule has 0 aliphatic heterocycles. The Morgan fingerprint density at radius 2 is 2.17 bits per heavy atom. The lowest BCUT2D eigenvalue weighted by Crippen LogP contribution is -2.28. The van der Waals surface area contributed by atoms with Gasteiger partial charge in [0.05, 0.1) is 11.7 Å². The van der Waals surface area contributed by atoms with Crippen molar-refractivity contribution in [1.82, 2.24) is 23.0 Å². The molecule has 2 heterocycles. The molecule has 128 valence electrons. The van der Waals surface area contributed by atoms with Crippen molar-refractivity contribution in [2.75, 3.05) is 13.7 Å². The van der Waals surface area contributed by atoms with Crippen molar-refractivity contribution in [2.45, 2.75) is 25.0 Å². The summed E-state index contributed by atoms with van der Waals surface area (Å²) in [6.45, 7) is 3.01. The molecule has 0 saturated carbocycles. The molecule has 0 saturated heterocycles. The van der Waals surface area contributed by atoms with Crippen molar-refractivity contribution in [3.05, 3.63) is 35.9 Å². The molecule has 0 fully saturated rings. The Morgan fingerprint density at radius 3 is 2.96 bits per heavy atom. The fraction of sp³-hybridized carbons (Fsp3) is 0.357. The van der Waals surface area contributed by atoms with Crippen LogP contribution < -0.4 is 4.72 Å². The van der Waals surface area contributed by atoms with E-state index in [9.17, 15) is 8.42 Å². The number of imidazole rings is 1. The van der Waals surface area contributed by atoms with E-state index in [4.69, 9.17) is 4.74 Å². The molecule has 24 heavy (non-hydrogen) atoms. The quantitative estimate of drug-likeness (QED) is 0.676. The van der Waals surface area contributed by atoms with Gasteiger partial charge in [0.25, 0.3) is 0 Å². The highest BCUT2D eigenvalue weighted by molar-refractivity contribution is 7.89. The van der Waals surface area contributed by atoms with Crippen molar-refractivity contribution >= 4 is 32.8 Å². The lowest BCUT2D eigenvalue weighted by atomic mass is 10.3. The van der Waals surface area contributed by atoms with Gasteiger partial charge >= 0.3 is 0 Å². The highest BCUT2D eigenvalue weighted by Gasteiger charge is 2.19. The van der Waals surface area contributed by atoms with Gasteiger partial charge in [-0.1, -0.05) is 6.07 Å². The van der Waals surface area contributed by atoms with E-state index in [0.29, 0.717) is 24.2 Å². The molecule has 0 atom stereocenters. The third-order valence-corrected chi connectivity index (χ3v) is 5.61. The number of nitrogens with one attached hydrogen (secondary N) is 1. The molecule has 1 N–H and O–H groups in total. The molecule has 3 rings (SSSR count). The average molecular weight is 367 g/mol. The van der Waals surface area contributed by atoms with Crippen LogP contribution in [0.2, 0.25) is 0 Å². The Hall–Kier alpha value is -1.88. The number of aryl methyl sites for hydroxylation is 1. The van der Waals surface area contributed by atoms with Crippen molar-refractivity contribution in [2.24, 2.45) is 0 Å². The maximum Gasteiger partial charge on any atom is 0.242 e. The zero-order valence-corrected chi connectivity index (χ0v) is 14.9. The van der Waals surface area contributed by atoms with Gasteiger partial charge in [-0.25, -0.2) is 18.1 Å². The molecule has 1 aromatic carbocycles. The number of rotatable bonds is 7. The van der Waals surface area contributed by atoms with E-state index in [1.165, 1.54) is 6.07 Å². The number of hydrogen-bond donors (Lipinski definition) is 1. The van der Waals surface area contributed by atoms with Crippen LogP contribution in [0.1, 0.15) is 11.5 Å². The normalized spacial score (nSPS) is 12.1. The predicted octanol–water partition coefficient (Wildman–Crippen LogP) is 1.32. The summed E-state index contributed by atoms with van der Waals surface area (Å²) in [5.41, 5.74) is 1.93. The summed E-state index contributed by atoms with van der Waals surface area (Å²) in [6, 6.07) is 4.93. The number of ether oxygens (including phenoxy) is 1. The SMILES string of the molecule is COCc1ncc(C)n1CCNS(=O)(=O)c1cccc2nsnc12. The molecule has 0 unspecified atom stereocenters. The highest BCUT2D eigenvalue weighted by atomic mass is 32.2. The second-order valence-electron chi connectivity index (χ2n) is 5.19. The minimum Gasteiger partial charge on any atom is -0.377 e. The molecule has 3 aromatic rings. The standard InChI is InChI=1S/C14H17N5O3S2/c1-10-8-15-13(9-22-2)19(10)7-6-16-24(20,21)12-5-3-4-11-14(12)18-23-17-11/h3-5,8,16H,6-7,9H2,1-2H3. The average Bonchev–Trinajstić information content (AvgIpc) is 3.15. The largest absolute Gasteiger partial charge is 0.377 e. The monoisotopic (exact) mass is 367 g/mol. The minimum atomic E-state index is -3.66. The lowest BCUT2D eigenvalue weighted by molar-refractivity contribution is 0.174. The molecule has 8 nitrogen and oxygen atoms in total. The second kappa shape index (κ2) is 6.93. The number of aromatic nitrogens is 4. The fourth-order valence-corrected chi connectivity index (χ4v) is 4.21. The smallest absolute Gasteiger partial charge is 0.242 e. The van der Waals surface area contributed by atoms with Gasteiger partial charge in [-0.05, 0) is 19.1 Å². The van der Waals surface area contributed by atoms with Crippen LogP contribution in [-0.2, 0) is 27.9 Å². The molecule has 2 aromatic heterocycles. The zero-order valence-electron chi connectivity index (χ0n) is 13.3. The topological polar surface area (TPSA) is 99.0 Å². The van der Waals surface area contributed by atoms with Gasteiger partial charge in [0.15, 0.2) is 0 Å². The maximum absolute atomic E-state index is 12.5. The molecular formula is C14H17N5O3S2. The lowest BCUT2D eigenvalue weighted by Gasteiger charge is -2.11. The summed E-state index contributed by atoms with van der Waals surface area (Å²) in [5.74, 6) is 0.764. The van der Waals surface area contributed by atoms with Crippen LogP contribution in [-0.4, -0.2) is 40.4 Å². The van der Waals surface area contributed by atoms with E-state index in [1.807, 2.05) is 11.5 Å². The van der Waals surface area contributed by atoms with Gasteiger partial charge < -0.3 is 9.30 Å². The van der Waals surface area contributed by atoms with Gasteiger partial charge in [0, 0.05) is 32.1 Å². The van der Waals surface area contributed by atoms with E-state index < -0.39 is 10.0 Å². The Kier molecular flexibility index (Phi) is 4.90. The van der Waals surface area contributed by atoms with E-state index >= 15 is 0 Å². The number of nitrogens with zero attached hydrogens (tertiary/aromatic N) is 4. The van der Waals surface area contributed by atoms with E-state index in [0.717, 1.165) is 23.2 Å². The van der Waals surface area contributed by atoms with Crippen LogP contribution >= 0.6 is 11.7 Å². The van der Waals surface area contributed by atoms with Crippen LogP contribution in [0.3, 0.4) is 0 Å². The number of benzene rings is 1.